The Balaban J connectivity index is 2.76. The van der Waals surface area contributed by atoms with Crippen molar-refractivity contribution in [3.05, 3.63) is 21.6 Å². The van der Waals surface area contributed by atoms with E-state index >= 15 is 0 Å². The van der Waals surface area contributed by atoms with Crippen molar-refractivity contribution in [2.75, 3.05) is 11.9 Å². The topological polar surface area (TPSA) is 93.2 Å². The van der Waals surface area contributed by atoms with Crippen LogP contribution in [0.1, 0.15) is 26.7 Å². The number of aliphatic hydroxyl groups excluding tert-OH is 1. The van der Waals surface area contributed by atoms with Crippen molar-refractivity contribution in [3.63, 3.8) is 0 Å². The molecule has 0 radical (unpaired) electrons. The summed E-state index contributed by atoms with van der Waals surface area (Å²) in [4.78, 5) is 11.9. The number of unbranched alkanes of at least 4 members (excludes halogenated alkanes) is 1. The lowest BCUT2D eigenvalue weighted by molar-refractivity contribution is 0.168. The lowest BCUT2D eigenvalue weighted by atomic mass is 10.2. The monoisotopic (exact) mass is 288 g/mol. The Labute approximate surface area is 117 Å². The number of aromatic nitrogens is 2. The first kappa shape index (κ1) is 15.9. The van der Waals surface area contributed by atoms with Crippen LogP contribution in [-0.4, -0.2) is 33.6 Å². The Hall–Kier alpha value is -1.11. The van der Waals surface area contributed by atoms with Crippen LogP contribution in [0.2, 0.25) is 5.02 Å². The van der Waals surface area contributed by atoms with Crippen molar-refractivity contribution in [2.45, 2.75) is 45.4 Å². The first-order chi connectivity index (χ1) is 8.97. The summed E-state index contributed by atoms with van der Waals surface area (Å²) in [6, 6.07) is -0.432. The number of nitrogens with two attached hydrogens (primary N) is 1. The van der Waals surface area contributed by atoms with Gasteiger partial charge in [0.1, 0.15) is 5.02 Å². The molecule has 0 saturated carbocycles. The summed E-state index contributed by atoms with van der Waals surface area (Å²) >= 11 is 6.00. The van der Waals surface area contributed by atoms with Gasteiger partial charge in [0.2, 0.25) is 0 Å². The summed E-state index contributed by atoms with van der Waals surface area (Å²) in [5, 5.41) is 16.4. The molecule has 108 valence electrons. The van der Waals surface area contributed by atoms with E-state index in [9.17, 15) is 9.90 Å². The van der Waals surface area contributed by atoms with E-state index in [0.717, 1.165) is 12.8 Å². The normalized spacial score (nSPS) is 14.2. The summed E-state index contributed by atoms with van der Waals surface area (Å²) in [7, 11) is 0. The Morgan fingerprint density at radius 3 is 2.89 bits per heavy atom. The van der Waals surface area contributed by atoms with Gasteiger partial charge >= 0.3 is 0 Å². The van der Waals surface area contributed by atoms with E-state index in [1.807, 2.05) is 6.92 Å². The number of rotatable bonds is 7. The van der Waals surface area contributed by atoms with E-state index in [0.29, 0.717) is 18.8 Å². The number of nitrogens with one attached hydrogen (secondary N) is 1. The van der Waals surface area contributed by atoms with Crippen LogP contribution in [0.3, 0.4) is 0 Å². The average Bonchev–Trinajstić information content (AvgIpc) is 2.38. The minimum Gasteiger partial charge on any atom is -0.392 e. The maximum absolute atomic E-state index is 11.9. The van der Waals surface area contributed by atoms with Crippen molar-refractivity contribution < 1.29 is 5.11 Å². The van der Waals surface area contributed by atoms with Gasteiger partial charge in [0, 0.05) is 19.1 Å². The van der Waals surface area contributed by atoms with Crippen LogP contribution in [0.4, 0.5) is 5.69 Å². The molecule has 0 aliphatic carbocycles. The van der Waals surface area contributed by atoms with Gasteiger partial charge in [-0.1, -0.05) is 24.9 Å². The maximum Gasteiger partial charge on any atom is 0.287 e. The predicted molar refractivity (Wildman–Crippen MR) is 76.6 cm³/mol. The number of nitrogens with zero attached hydrogens (tertiary/aromatic N) is 2. The quantitative estimate of drug-likeness (QED) is 0.691. The van der Waals surface area contributed by atoms with Crippen LogP contribution in [0.15, 0.2) is 11.0 Å². The number of aryl methyl sites for hydroxylation is 1. The molecule has 1 aromatic rings. The van der Waals surface area contributed by atoms with Gasteiger partial charge in [0.05, 0.1) is 18.0 Å². The molecule has 0 aliphatic heterocycles. The number of hydrogen-bond acceptors (Lipinski definition) is 5. The number of aliphatic hydroxyl groups is 1. The molecule has 2 atom stereocenters. The van der Waals surface area contributed by atoms with Crippen LogP contribution in [0, 0.1) is 0 Å². The maximum atomic E-state index is 11.9. The van der Waals surface area contributed by atoms with Crippen LogP contribution in [0.25, 0.3) is 0 Å². The molecule has 1 rings (SSSR count). The minimum absolute atomic E-state index is 0.101. The van der Waals surface area contributed by atoms with Crippen molar-refractivity contribution in [1.29, 1.82) is 0 Å². The third-order valence-corrected chi connectivity index (χ3v) is 3.22. The molecule has 0 saturated heterocycles. The Morgan fingerprint density at radius 2 is 2.32 bits per heavy atom. The number of halogens is 1. The van der Waals surface area contributed by atoms with Crippen LogP contribution in [-0.2, 0) is 6.54 Å². The van der Waals surface area contributed by atoms with Crippen LogP contribution in [0.5, 0.6) is 0 Å². The summed E-state index contributed by atoms with van der Waals surface area (Å²) < 4.78 is 1.35. The van der Waals surface area contributed by atoms with Gasteiger partial charge in [-0.25, -0.2) is 4.68 Å². The second-order valence-corrected chi connectivity index (χ2v) is 4.92. The molecule has 4 N–H and O–H groups in total. The molecule has 2 unspecified atom stereocenters. The zero-order valence-electron chi connectivity index (χ0n) is 11.3. The zero-order chi connectivity index (χ0) is 14.4. The van der Waals surface area contributed by atoms with Crippen LogP contribution < -0.4 is 16.6 Å². The molecule has 7 heteroatoms. The summed E-state index contributed by atoms with van der Waals surface area (Å²) in [6.45, 7) is 4.52. The second kappa shape index (κ2) is 7.47. The van der Waals surface area contributed by atoms with Crippen molar-refractivity contribution in [2.24, 2.45) is 5.73 Å². The fourth-order valence-electron chi connectivity index (χ4n) is 1.45. The highest BCUT2D eigenvalue weighted by molar-refractivity contribution is 6.32. The van der Waals surface area contributed by atoms with Gasteiger partial charge in [-0.2, -0.15) is 5.10 Å². The van der Waals surface area contributed by atoms with E-state index in [4.69, 9.17) is 17.3 Å². The van der Waals surface area contributed by atoms with Gasteiger partial charge in [0.15, 0.2) is 0 Å². The van der Waals surface area contributed by atoms with Crippen LogP contribution >= 0.6 is 11.6 Å². The standard InChI is InChI=1S/C12H21ClN4O2/c1-3-4-5-17-12(19)11(13)10(7-16-17)15-6-9(14)8(2)18/h7-9,15,18H,3-6,14H2,1-2H3. The average molecular weight is 289 g/mol. The van der Waals surface area contributed by atoms with Crippen molar-refractivity contribution in [1.82, 2.24) is 9.78 Å². The van der Waals surface area contributed by atoms with Crippen molar-refractivity contribution in [3.8, 4) is 0 Å². The molecular weight excluding hydrogens is 268 g/mol. The van der Waals surface area contributed by atoms with E-state index in [-0.39, 0.29) is 10.6 Å². The lowest BCUT2D eigenvalue weighted by Gasteiger charge is -2.16. The first-order valence-corrected chi connectivity index (χ1v) is 6.78. The molecule has 0 spiro atoms. The Morgan fingerprint density at radius 1 is 1.63 bits per heavy atom. The van der Waals surface area contributed by atoms with Gasteiger partial charge in [-0.05, 0) is 13.3 Å². The van der Waals surface area contributed by atoms with Gasteiger partial charge in [0.25, 0.3) is 5.56 Å². The first-order valence-electron chi connectivity index (χ1n) is 6.40. The lowest BCUT2D eigenvalue weighted by Crippen LogP contribution is -2.39. The van der Waals surface area contributed by atoms with Gasteiger partial charge in [-0.3, -0.25) is 4.79 Å². The molecule has 1 aromatic heterocycles. The van der Waals surface area contributed by atoms with E-state index < -0.39 is 12.1 Å². The molecule has 0 bridgehead atoms. The smallest absolute Gasteiger partial charge is 0.287 e. The second-order valence-electron chi connectivity index (χ2n) is 4.54. The highest BCUT2D eigenvalue weighted by atomic mass is 35.5. The summed E-state index contributed by atoms with van der Waals surface area (Å²) in [5.41, 5.74) is 5.81. The van der Waals surface area contributed by atoms with E-state index in [2.05, 4.69) is 10.4 Å². The molecule has 0 amide bonds. The molecule has 1 heterocycles. The van der Waals surface area contributed by atoms with Gasteiger partial charge in [-0.15, -0.1) is 0 Å². The van der Waals surface area contributed by atoms with Crippen molar-refractivity contribution >= 4 is 17.3 Å². The molecular formula is C12H21ClN4O2. The predicted octanol–water partition coefficient (Wildman–Crippen LogP) is 0.817. The summed E-state index contributed by atoms with van der Waals surface area (Å²) in [5.74, 6) is 0. The van der Waals surface area contributed by atoms with E-state index in [1.165, 1.54) is 10.9 Å². The van der Waals surface area contributed by atoms with Gasteiger partial charge < -0.3 is 16.2 Å². The SMILES string of the molecule is CCCCn1ncc(NCC(N)C(C)O)c(Cl)c1=O. The molecule has 0 aromatic carbocycles. The number of anilines is 1. The molecule has 6 nitrogen and oxygen atoms in total. The Bertz CT molecular complexity index is 462. The van der Waals surface area contributed by atoms with E-state index in [1.54, 1.807) is 6.92 Å². The molecule has 0 aliphatic rings. The molecule has 0 fully saturated rings. The molecule has 19 heavy (non-hydrogen) atoms. The highest BCUT2D eigenvalue weighted by Crippen LogP contribution is 2.15. The minimum atomic E-state index is -0.635. The highest BCUT2D eigenvalue weighted by Gasteiger charge is 2.12. The zero-order valence-corrected chi connectivity index (χ0v) is 12.0. The Kier molecular flexibility index (Phi) is 6.27. The summed E-state index contributed by atoms with van der Waals surface area (Å²) in [6.07, 6.45) is 2.73. The third kappa shape index (κ3) is 4.49. The fourth-order valence-corrected chi connectivity index (χ4v) is 1.67. The largest absolute Gasteiger partial charge is 0.392 e. The third-order valence-electron chi connectivity index (χ3n) is 2.86. The fraction of sp³-hybridized carbons (Fsp3) is 0.667. The number of hydrogen-bond donors (Lipinski definition) is 3.